The van der Waals surface area contributed by atoms with Crippen molar-refractivity contribution >= 4 is 5.96 Å². The Labute approximate surface area is 115 Å². The van der Waals surface area contributed by atoms with Crippen molar-refractivity contribution in [2.24, 2.45) is 16.6 Å². The second-order valence-corrected chi connectivity index (χ2v) is 5.51. The number of hydrogen-bond donors (Lipinski definition) is 1. The van der Waals surface area contributed by atoms with E-state index in [9.17, 15) is 0 Å². The van der Waals surface area contributed by atoms with Gasteiger partial charge in [-0.3, -0.25) is 4.99 Å². The molecule has 3 unspecified atom stereocenters. The minimum atomic E-state index is 0.139. The number of nitrogens with two attached hydrogens (primary N) is 1. The molecule has 0 spiro atoms. The molecule has 2 aliphatic heterocycles. The molecule has 0 saturated carbocycles. The SMILES string of the molecule is C=C(C)C1OCCC1CN=C(N)N1CCOC(C)C1. The van der Waals surface area contributed by atoms with Crippen LogP contribution >= 0.6 is 0 Å². The van der Waals surface area contributed by atoms with Gasteiger partial charge in [-0.05, 0) is 20.3 Å². The molecule has 0 aromatic rings. The van der Waals surface area contributed by atoms with Crippen LogP contribution in [0.5, 0.6) is 0 Å². The number of hydrogen-bond acceptors (Lipinski definition) is 3. The van der Waals surface area contributed by atoms with Crippen LogP contribution in [0.25, 0.3) is 0 Å². The summed E-state index contributed by atoms with van der Waals surface area (Å²) in [6.45, 7) is 11.9. The molecule has 2 rings (SSSR count). The van der Waals surface area contributed by atoms with Crippen molar-refractivity contribution < 1.29 is 9.47 Å². The summed E-state index contributed by atoms with van der Waals surface area (Å²) in [4.78, 5) is 6.64. The Hall–Kier alpha value is -1.07. The lowest BCUT2D eigenvalue weighted by atomic mass is 9.97. The van der Waals surface area contributed by atoms with E-state index in [1.807, 2.05) is 6.92 Å². The van der Waals surface area contributed by atoms with E-state index in [0.29, 0.717) is 11.9 Å². The first-order valence-electron chi connectivity index (χ1n) is 7.01. The molecule has 2 aliphatic rings. The molecule has 2 fully saturated rings. The van der Waals surface area contributed by atoms with Gasteiger partial charge in [0.1, 0.15) is 0 Å². The minimum absolute atomic E-state index is 0.139. The summed E-state index contributed by atoms with van der Waals surface area (Å²) in [5, 5.41) is 0. The summed E-state index contributed by atoms with van der Waals surface area (Å²) in [6.07, 6.45) is 1.40. The van der Waals surface area contributed by atoms with Crippen molar-refractivity contribution in [3.05, 3.63) is 12.2 Å². The van der Waals surface area contributed by atoms with E-state index in [-0.39, 0.29) is 12.2 Å². The molecule has 5 heteroatoms. The van der Waals surface area contributed by atoms with Crippen LogP contribution in [0.4, 0.5) is 0 Å². The van der Waals surface area contributed by atoms with Gasteiger partial charge in [0.15, 0.2) is 5.96 Å². The van der Waals surface area contributed by atoms with Gasteiger partial charge in [0, 0.05) is 32.2 Å². The van der Waals surface area contributed by atoms with Crippen LogP contribution in [-0.4, -0.2) is 55.9 Å². The Kier molecular flexibility index (Phi) is 4.82. The molecule has 0 bridgehead atoms. The number of nitrogens with zero attached hydrogens (tertiary/aromatic N) is 2. The van der Waals surface area contributed by atoms with Gasteiger partial charge >= 0.3 is 0 Å². The largest absolute Gasteiger partial charge is 0.375 e. The Bertz CT molecular complexity index is 357. The lowest BCUT2D eigenvalue weighted by Crippen LogP contribution is -2.48. The first-order valence-corrected chi connectivity index (χ1v) is 7.01. The number of morpholine rings is 1. The molecule has 0 aliphatic carbocycles. The normalized spacial score (nSPS) is 32.6. The molecular weight excluding hydrogens is 242 g/mol. The van der Waals surface area contributed by atoms with Gasteiger partial charge < -0.3 is 20.1 Å². The minimum Gasteiger partial charge on any atom is -0.375 e. The van der Waals surface area contributed by atoms with E-state index < -0.39 is 0 Å². The van der Waals surface area contributed by atoms with Crippen molar-refractivity contribution in [3.63, 3.8) is 0 Å². The molecule has 3 atom stereocenters. The smallest absolute Gasteiger partial charge is 0.191 e. The number of guanidine groups is 1. The van der Waals surface area contributed by atoms with Crippen LogP contribution in [0, 0.1) is 5.92 Å². The lowest BCUT2D eigenvalue weighted by molar-refractivity contribution is 0.00525. The van der Waals surface area contributed by atoms with Gasteiger partial charge in [0.25, 0.3) is 0 Å². The van der Waals surface area contributed by atoms with Crippen molar-refractivity contribution in [1.82, 2.24) is 4.90 Å². The van der Waals surface area contributed by atoms with Gasteiger partial charge in [-0.25, -0.2) is 0 Å². The van der Waals surface area contributed by atoms with Crippen LogP contribution in [0.1, 0.15) is 20.3 Å². The molecular formula is C14H25N3O2. The lowest BCUT2D eigenvalue weighted by Gasteiger charge is -2.32. The summed E-state index contributed by atoms with van der Waals surface area (Å²) >= 11 is 0. The standard InChI is InChI=1S/C14H25N3O2/c1-10(2)13-12(4-6-19-13)8-16-14(15)17-5-7-18-11(3)9-17/h11-13H,1,4-9H2,2-3H3,(H2,15,16). The third-order valence-corrected chi connectivity index (χ3v) is 3.75. The van der Waals surface area contributed by atoms with Gasteiger partial charge in [-0.1, -0.05) is 12.2 Å². The first-order chi connectivity index (χ1) is 9.08. The monoisotopic (exact) mass is 267 g/mol. The fourth-order valence-electron chi connectivity index (χ4n) is 2.70. The Morgan fingerprint density at radius 1 is 1.42 bits per heavy atom. The number of rotatable bonds is 3. The summed E-state index contributed by atoms with van der Waals surface area (Å²) in [6, 6.07) is 0. The molecule has 108 valence electrons. The quantitative estimate of drug-likeness (QED) is 0.471. The Balaban J connectivity index is 1.88. The number of ether oxygens (including phenoxy) is 2. The van der Waals surface area contributed by atoms with Gasteiger partial charge in [-0.2, -0.15) is 0 Å². The van der Waals surface area contributed by atoms with E-state index in [1.54, 1.807) is 0 Å². The maximum atomic E-state index is 6.07. The van der Waals surface area contributed by atoms with Gasteiger partial charge in [0.2, 0.25) is 0 Å². The van der Waals surface area contributed by atoms with Crippen LogP contribution in [0.2, 0.25) is 0 Å². The highest BCUT2D eigenvalue weighted by molar-refractivity contribution is 5.78. The van der Waals surface area contributed by atoms with E-state index in [1.165, 1.54) is 0 Å². The predicted molar refractivity (Wildman–Crippen MR) is 76.1 cm³/mol. The van der Waals surface area contributed by atoms with Crippen LogP contribution in [0.3, 0.4) is 0 Å². The third-order valence-electron chi connectivity index (χ3n) is 3.75. The van der Waals surface area contributed by atoms with Gasteiger partial charge in [0.05, 0.1) is 18.8 Å². The zero-order valence-corrected chi connectivity index (χ0v) is 12.0. The molecule has 2 N–H and O–H groups in total. The molecule has 0 aromatic carbocycles. The second kappa shape index (κ2) is 6.39. The molecule has 0 radical (unpaired) electrons. The molecule has 5 nitrogen and oxygen atoms in total. The van der Waals surface area contributed by atoms with Crippen LogP contribution in [0.15, 0.2) is 17.1 Å². The van der Waals surface area contributed by atoms with E-state index in [2.05, 4.69) is 23.4 Å². The summed E-state index contributed by atoms with van der Waals surface area (Å²) in [5.41, 5.74) is 7.15. The third kappa shape index (κ3) is 3.70. The molecule has 19 heavy (non-hydrogen) atoms. The maximum Gasteiger partial charge on any atom is 0.191 e. The topological polar surface area (TPSA) is 60.1 Å². The molecule has 0 amide bonds. The second-order valence-electron chi connectivity index (χ2n) is 5.51. The summed E-state index contributed by atoms with van der Waals surface area (Å²) < 4.78 is 11.2. The molecule has 2 heterocycles. The Morgan fingerprint density at radius 3 is 2.89 bits per heavy atom. The van der Waals surface area contributed by atoms with E-state index in [0.717, 1.165) is 44.8 Å². The predicted octanol–water partition coefficient (Wildman–Crippen LogP) is 1.00. The highest BCUT2D eigenvalue weighted by Crippen LogP contribution is 2.25. The maximum absolute atomic E-state index is 6.07. The van der Waals surface area contributed by atoms with Crippen molar-refractivity contribution in [2.75, 3.05) is 32.8 Å². The fourth-order valence-corrected chi connectivity index (χ4v) is 2.70. The van der Waals surface area contributed by atoms with E-state index >= 15 is 0 Å². The van der Waals surface area contributed by atoms with Crippen LogP contribution < -0.4 is 5.73 Å². The first kappa shape index (κ1) is 14.3. The highest BCUT2D eigenvalue weighted by atomic mass is 16.5. The van der Waals surface area contributed by atoms with Crippen molar-refractivity contribution in [2.45, 2.75) is 32.5 Å². The zero-order valence-electron chi connectivity index (χ0n) is 12.0. The Morgan fingerprint density at radius 2 is 2.21 bits per heavy atom. The van der Waals surface area contributed by atoms with Gasteiger partial charge in [-0.15, -0.1) is 0 Å². The summed E-state index contributed by atoms with van der Waals surface area (Å²) in [7, 11) is 0. The fraction of sp³-hybridized carbons (Fsp3) is 0.786. The molecule has 2 saturated heterocycles. The molecule has 0 aromatic heterocycles. The average Bonchev–Trinajstić information content (AvgIpc) is 2.84. The summed E-state index contributed by atoms with van der Waals surface area (Å²) in [5.74, 6) is 1.04. The van der Waals surface area contributed by atoms with Crippen molar-refractivity contribution in [1.29, 1.82) is 0 Å². The van der Waals surface area contributed by atoms with Crippen LogP contribution in [-0.2, 0) is 9.47 Å². The number of aliphatic imine (C=N–C) groups is 1. The van der Waals surface area contributed by atoms with E-state index in [4.69, 9.17) is 15.2 Å². The zero-order chi connectivity index (χ0) is 13.8. The average molecular weight is 267 g/mol. The van der Waals surface area contributed by atoms with Crippen molar-refractivity contribution in [3.8, 4) is 0 Å². The highest BCUT2D eigenvalue weighted by Gasteiger charge is 2.28.